The Morgan fingerprint density at radius 3 is 2.67 bits per heavy atom. The molecule has 2 aromatic heterocycles. The number of fused-ring (bicyclic) bond motifs is 1. The Kier molecular flexibility index (Phi) is 3.53. The molecule has 0 saturated carbocycles. The summed E-state index contributed by atoms with van der Waals surface area (Å²) >= 11 is 1.11. The molecule has 0 fully saturated rings. The van der Waals surface area contributed by atoms with Crippen LogP contribution in [0.15, 0.2) is 40.8 Å². The van der Waals surface area contributed by atoms with E-state index >= 15 is 0 Å². The third-order valence-corrected chi connectivity index (χ3v) is 3.99. The molecule has 5 nitrogen and oxygen atoms in total. The summed E-state index contributed by atoms with van der Waals surface area (Å²) in [5.74, 6) is -0.222. The molecule has 0 spiro atoms. The zero-order valence-corrected chi connectivity index (χ0v) is 12.0. The molecular formula is C15H11NO4S. The van der Waals surface area contributed by atoms with Crippen LogP contribution in [0.25, 0.3) is 11.1 Å². The highest BCUT2D eigenvalue weighted by atomic mass is 32.1. The fourth-order valence-corrected chi connectivity index (χ4v) is 2.61. The van der Waals surface area contributed by atoms with Gasteiger partial charge in [-0.2, -0.15) is 0 Å². The summed E-state index contributed by atoms with van der Waals surface area (Å²) in [5.41, 5.74) is 1.37. The first kappa shape index (κ1) is 13.5. The third kappa shape index (κ3) is 2.85. The maximum Gasteiger partial charge on any atom is 0.348 e. The Morgan fingerprint density at radius 2 is 1.95 bits per heavy atom. The molecule has 0 amide bonds. The van der Waals surface area contributed by atoms with E-state index in [-0.39, 0.29) is 12.4 Å². The number of carbonyl (C=O) groups excluding carboxylic acids is 2. The molecule has 0 saturated heterocycles. The molecule has 106 valence electrons. The number of hydrogen-bond donors (Lipinski definition) is 0. The van der Waals surface area contributed by atoms with Crippen LogP contribution in [0.5, 0.6) is 0 Å². The first-order valence-electron chi connectivity index (χ1n) is 6.26. The molecule has 0 aliphatic carbocycles. The van der Waals surface area contributed by atoms with E-state index in [1.54, 1.807) is 18.2 Å². The number of nitrogens with zero attached hydrogens (tertiary/aromatic N) is 1. The van der Waals surface area contributed by atoms with Crippen LogP contribution in [0.2, 0.25) is 0 Å². The molecule has 2 heterocycles. The van der Waals surface area contributed by atoms with Gasteiger partial charge in [0.25, 0.3) is 0 Å². The third-order valence-electron chi connectivity index (χ3n) is 2.82. The molecule has 1 aromatic carbocycles. The van der Waals surface area contributed by atoms with Gasteiger partial charge in [-0.1, -0.05) is 12.1 Å². The Hall–Kier alpha value is -2.47. The standard InChI is InChI=1S/C15H11NO4S/c1-9(17)12-6-7-13(21-12)15(18)19-8-14-16-10-4-2-3-5-11(10)20-14/h2-7H,8H2,1H3. The van der Waals surface area contributed by atoms with Crippen molar-refractivity contribution in [1.82, 2.24) is 4.98 Å². The number of thiophene rings is 1. The monoisotopic (exact) mass is 301 g/mol. The van der Waals surface area contributed by atoms with Gasteiger partial charge in [0.15, 0.2) is 18.0 Å². The zero-order valence-electron chi connectivity index (χ0n) is 11.2. The van der Waals surface area contributed by atoms with Crippen LogP contribution in [0.1, 0.15) is 32.2 Å². The maximum atomic E-state index is 11.9. The molecule has 0 aliphatic heterocycles. The van der Waals surface area contributed by atoms with Gasteiger partial charge >= 0.3 is 5.97 Å². The van der Waals surface area contributed by atoms with Crippen LogP contribution in [0, 0.1) is 0 Å². The lowest BCUT2D eigenvalue weighted by atomic mass is 10.3. The van der Waals surface area contributed by atoms with E-state index in [1.165, 1.54) is 6.92 Å². The predicted octanol–water partition coefficient (Wildman–Crippen LogP) is 3.45. The van der Waals surface area contributed by atoms with E-state index in [0.717, 1.165) is 16.9 Å². The minimum atomic E-state index is -0.491. The number of para-hydroxylation sites is 2. The summed E-state index contributed by atoms with van der Waals surface area (Å²) in [7, 11) is 0. The van der Waals surface area contributed by atoms with Crippen molar-refractivity contribution in [1.29, 1.82) is 0 Å². The lowest BCUT2D eigenvalue weighted by Gasteiger charge is -1.98. The molecule has 3 aromatic rings. The van der Waals surface area contributed by atoms with Gasteiger partial charge in [-0.05, 0) is 31.2 Å². The van der Waals surface area contributed by atoms with Crippen LogP contribution >= 0.6 is 11.3 Å². The van der Waals surface area contributed by atoms with Gasteiger partial charge in [-0.3, -0.25) is 4.79 Å². The van der Waals surface area contributed by atoms with Crippen molar-refractivity contribution in [3.63, 3.8) is 0 Å². The fraction of sp³-hybridized carbons (Fsp3) is 0.133. The second kappa shape index (κ2) is 5.49. The molecule has 21 heavy (non-hydrogen) atoms. The molecule has 0 unspecified atom stereocenters. The summed E-state index contributed by atoms with van der Waals surface area (Å²) in [6.07, 6.45) is 0. The van der Waals surface area contributed by atoms with Crippen molar-refractivity contribution >= 4 is 34.2 Å². The molecule has 0 bridgehead atoms. The second-order valence-corrected chi connectivity index (χ2v) is 5.46. The van der Waals surface area contributed by atoms with Gasteiger partial charge in [-0.25, -0.2) is 9.78 Å². The van der Waals surface area contributed by atoms with Crippen LogP contribution in [0.4, 0.5) is 0 Å². The Labute approximate surface area is 124 Å². The van der Waals surface area contributed by atoms with Crippen molar-refractivity contribution in [2.75, 3.05) is 0 Å². The molecule has 6 heteroatoms. The van der Waals surface area contributed by atoms with Gasteiger partial charge in [0.05, 0.1) is 4.88 Å². The number of ketones is 1. The SMILES string of the molecule is CC(=O)c1ccc(C(=O)OCc2nc3ccccc3o2)s1. The first-order chi connectivity index (χ1) is 10.1. The highest BCUT2D eigenvalue weighted by molar-refractivity contribution is 7.15. The van der Waals surface area contributed by atoms with Gasteiger partial charge in [0.1, 0.15) is 10.4 Å². The molecule has 0 atom stereocenters. The van der Waals surface area contributed by atoms with Crippen molar-refractivity contribution in [3.8, 4) is 0 Å². The van der Waals surface area contributed by atoms with Crippen molar-refractivity contribution < 1.29 is 18.7 Å². The van der Waals surface area contributed by atoms with Crippen LogP contribution in [-0.2, 0) is 11.3 Å². The largest absolute Gasteiger partial charge is 0.451 e. The number of ether oxygens (including phenoxy) is 1. The summed E-state index contributed by atoms with van der Waals surface area (Å²) in [6.45, 7) is 1.42. The first-order valence-corrected chi connectivity index (χ1v) is 7.07. The summed E-state index contributed by atoms with van der Waals surface area (Å²) in [4.78, 5) is 28.2. The minimum absolute atomic E-state index is 0.0409. The summed E-state index contributed by atoms with van der Waals surface area (Å²) in [5, 5.41) is 0. The fourth-order valence-electron chi connectivity index (χ4n) is 1.82. The van der Waals surface area contributed by atoms with E-state index < -0.39 is 5.97 Å². The van der Waals surface area contributed by atoms with Gasteiger partial charge in [-0.15, -0.1) is 11.3 Å². The molecular weight excluding hydrogens is 290 g/mol. The van der Waals surface area contributed by atoms with E-state index in [1.807, 2.05) is 18.2 Å². The van der Waals surface area contributed by atoms with Crippen molar-refractivity contribution in [3.05, 3.63) is 52.0 Å². The quantitative estimate of drug-likeness (QED) is 0.545. The highest BCUT2D eigenvalue weighted by Crippen LogP contribution is 2.19. The van der Waals surface area contributed by atoms with E-state index in [9.17, 15) is 9.59 Å². The van der Waals surface area contributed by atoms with Crippen LogP contribution < -0.4 is 0 Å². The Morgan fingerprint density at radius 1 is 1.19 bits per heavy atom. The normalized spacial score (nSPS) is 10.7. The zero-order chi connectivity index (χ0) is 14.8. The van der Waals surface area contributed by atoms with E-state index in [0.29, 0.717) is 21.2 Å². The van der Waals surface area contributed by atoms with Crippen LogP contribution in [0.3, 0.4) is 0 Å². The number of oxazole rings is 1. The van der Waals surface area contributed by atoms with Gasteiger partial charge in [0, 0.05) is 0 Å². The van der Waals surface area contributed by atoms with Crippen molar-refractivity contribution in [2.45, 2.75) is 13.5 Å². The summed E-state index contributed by atoms with van der Waals surface area (Å²) < 4.78 is 10.6. The number of Topliss-reactive ketones (excluding diaryl/α,β-unsaturated/α-hetero) is 1. The van der Waals surface area contributed by atoms with Gasteiger partial charge in [0.2, 0.25) is 5.89 Å². The second-order valence-electron chi connectivity index (χ2n) is 4.37. The Bertz CT molecular complexity index is 785. The number of rotatable bonds is 4. The lowest BCUT2D eigenvalue weighted by molar-refractivity contribution is 0.0446. The molecule has 0 N–H and O–H groups in total. The van der Waals surface area contributed by atoms with Gasteiger partial charge < -0.3 is 9.15 Å². The average molecular weight is 301 g/mol. The molecule has 3 rings (SSSR count). The minimum Gasteiger partial charge on any atom is -0.451 e. The molecule has 0 aliphatic rings. The molecule has 0 radical (unpaired) electrons. The Balaban J connectivity index is 1.68. The highest BCUT2D eigenvalue weighted by Gasteiger charge is 2.14. The topological polar surface area (TPSA) is 69.4 Å². The predicted molar refractivity (Wildman–Crippen MR) is 77.5 cm³/mol. The number of esters is 1. The van der Waals surface area contributed by atoms with Crippen LogP contribution in [-0.4, -0.2) is 16.7 Å². The van der Waals surface area contributed by atoms with E-state index in [2.05, 4.69) is 4.98 Å². The number of hydrogen-bond acceptors (Lipinski definition) is 6. The lowest BCUT2D eigenvalue weighted by Crippen LogP contribution is -2.03. The maximum absolute atomic E-state index is 11.9. The smallest absolute Gasteiger partial charge is 0.348 e. The van der Waals surface area contributed by atoms with Crippen molar-refractivity contribution in [2.24, 2.45) is 0 Å². The summed E-state index contributed by atoms with van der Waals surface area (Å²) in [6, 6.07) is 10.5. The number of benzene rings is 1. The van der Waals surface area contributed by atoms with E-state index in [4.69, 9.17) is 9.15 Å². The average Bonchev–Trinajstić information content (AvgIpc) is 3.11. The number of aromatic nitrogens is 1. The number of carbonyl (C=O) groups is 2.